The monoisotopic (exact) mass is 215 g/mol. The van der Waals surface area contributed by atoms with Crippen LogP contribution in [0.1, 0.15) is 10.4 Å². The fourth-order valence-corrected chi connectivity index (χ4v) is 2.91. The second-order valence-electron chi connectivity index (χ2n) is 3.96. The SMILES string of the molecule is Cc1ccc(-c2ccc3c(c2)CCN3)s1. The molecule has 0 atom stereocenters. The van der Waals surface area contributed by atoms with Crippen LogP contribution in [0.2, 0.25) is 0 Å². The van der Waals surface area contributed by atoms with E-state index in [4.69, 9.17) is 0 Å². The third-order valence-corrected chi connectivity index (χ3v) is 3.89. The summed E-state index contributed by atoms with van der Waals surface area (Å²) in [6.07, 6.45) is 1.16. The zero-order valence-electron chi connectivity index (χ0n) is 8.71. The second kappa shape index (κ2) is 3.38. The van der Waals surface area contributed by atoms with E-state index in [1.807, 2.05) is 11.3 Å². The van der Waals surface area contributed by atoms with Crippen molar-refractivity contribution in [1.82, 2.24) is 0 Å². The first-order valence-electron chi connectivity index (χ1n) is 5.26. The highest BCUT2D eigenvalue weighted by atomic mass is 32.1. The van der Waals surface area contributed by atoms with E-state index in [1.54, 1.807) is 0 Å². The maximum atomic E-state index is 3.39. The van der Waals surface area contributed by atoms with Gasteiger partial charge in [0, 0.05) is 22.0 Å². The molecule has 2 heteroatoms. The van der Waals surface area contributed by atoms with Gasteiger partial charge < -0.3 is 5.32 Å². The lowest BCUT2D eigenvalue weighted by Crippen LogP contribution is -1.90. The molecule has 1 N–H and O–H groups in total. The Balaban J connectivity index is 2.06. The molecular formula is C13H13NS. The van der Waals surface area contributed by atoms with E-state index in [9.17, 15) is 0 Å². The van der Waals surface area contributed by atoms with E-state index in [0.29, 0.717) is 0 Å². The summed E-state index contributed by atoms with van der Waals surface area (Å²) < 4.78 is 0. The quantitative estimate of drug-likeness (QED) is 0.765. The smallest absolute Gasteiger partial charge is 0.0373 e. The third kappa shape index (κ3) is 1.55. The van der Waals surface area contributed by atoms with Crippen LogP contribution in [-0.4, -0.2) is 6.54 Å². The summed E-state index contributed by atoms with van der Waals surface area (Å²) in [5.74, 6) is 0. The largest absolute Gasteiger partial charge is 0.384 e. The number of hydrogen-bond acceptors (Lipinski definition) is 2. The molecule has 0 saturated heterocycles. The molecule has 1 aliphatic heterocycles. The van der Waals surface area contributed by atoms with Crippen molar-refractivity contribution in [1.29, 1.82) is 0 Å². The van der Waals surface area contributed by atoms with Crippen LogP contribution in [0.15, 0.2) is 30.3 Å². The maximum absolute atomic E-state index is 3.39. The van der Waals surface area contributed by atoms with Crippen LogP contribution >= 0.6 is 11.3 Å². The van der Waals surface area contributed by atoms with Gasteiger partial charge in [-0.3, -0.25) is 0 Å². The minimum absolute atomic E-state index is 1.09. The fourth-order valence-electron chi connectivity index (χ4n) is 2.05. The molecule has 0 unspecified atom stereocenters. The first-order chi connectivity index (χ1) is 7.33. The van der Waals surface area contributed by atoms with Gasteiger partial charge in [-0.25, -0.2) is 0 Å². The Bertz CT molecular complexity index is 499. The number of thiophene rings is 1. The van der Waals surface area contributed by atoms with Crippen molar-refractivity contribution in [3.63, 3.8) is 0 Å². The van der Waals surface area contributed by atoms with Gasteiger partial charge in [-0.2, -0.15) is 0 Å². The molecule has 0 spiro atoms. The molecule has 0 amide bonds. The number of hydrogen-bond donors (Lipinski definition) is 1. The van der Waals surface area contributed by atoms with Crippen molar-refractivity contribution >= 4 is 17.0 Å². The van der Waals surface area contributed by atoms with Gasteiger partial charge in [0.25, 0.3) is 0 Å². The van der Waals surface area contributed by atoms with Crippen LogP contribution in [0, 0.1) is 6.92 Å². The molecule has 15 heavy (non-hydrogen) atoms. The number of aryl methyl sites for hydroxylation is 1. The Morgan fingerprint density at radius 2 is 2.13 bits per heavy atom. The van der Waals surface area contributed by atoms with Gasteiger partial charge in [0.1, 0.15) is 0 Å². The standard InChI is InChI=1S/C13H13NS/c1-9-2-5-13(15-9)11-3-4-12-10(8-11)6-7-14-12/h2-5,8,14H,6-7H2,1H3. The fraction of sp³-hybridized carbons (Fsp3) is 0.231. The highest BCUT2D eigenvalue weighted by Crippen LogP contribution is 2.32. The number of benzene rings is 1. The molecule has 0 radical (unpaired) electrons. The highest BCUT2D eigenvalue weighted by Gasteiger charge is 2.10. The molecular weight excluding hydrogens is 202 g/mol. The normalized spacial score (nSPS) is 13.7. The molecule has 0 bridgehead atoms. The van der Waals surface area contributed by atoms with Crippen LogP contribution in [0.4, 0.5) is 5.69 Å². The molecule has 1 aromatic heterocycles. The lowest BCUT2D eigenvalue weighted by molar-refractivity contribution is 1.11. The summed E-state index contributed by atoms with van der Waals surface area (Å²) in [5, 5.41) is 3.39. The third-order valence-electron chi connectivity index (χ3n) is 2.84. The molecule has 1 aromatic carbocycles. The molecule has 0 fully saturated rings. The minimum Gasteiger partial charge on any atom is -0.384 e. The lowest BCUT2D eigenvalue weighted by atomic mass is 10.1. The van der Waals surface area contributed by atoms with Gasteiger partial charge in [0.05, 0.1) is 0 Å². The summed E-state index contributed by atoms with van der Waals surface area (Å²) in [6, 6.07) is 11.1. The van der Waals surface area contributed by atoms with Gasteiger partial charge in [0.15, 0.2) is 0 Å². The van der Waals surface area contributed by atoms with Gasteiger partial charge in [-0.15, -0.1) is 11.3 Å². The number of rotatable bonds is 1. The predicted molar refractivity (Wildman–Crippen MR) is 66.7 cm³/mol. The Morgan fingerprint density at radius 1 is 1.20 bits per heavy atom. The molecule has 2 heterocycles. The summed E-state index contributed by atoms with van der Waals surface area (Å²) in [5.41, 5.74) is 4.13. The first-order valence-corrected chi connectivity index (χ1v) is 6.08. The zero-order valence-corrected chi connectivity index (χ0v) is 9.53. The average Bonchev–Trinajstić information content (AvgIpc) is 2.84. The first kappa shape index (κ1) is 8.98. The summed E-state index contributed by atoms with van der Waals surface area (Å²) in [7, 11) is 0. The maximum Gasteiger partial charge on any atom is 0.0373 e. The predicted octanol–water partition coefficient (Wildman–Crippen LogP) is 3.69. The molecule has 76 valence electrons. The summed E-state index contributed by atoms with van der Waals surface area (Å²) in [4.78, 5) is 2.76. The van der Waals surface area contributed by atoms with E-state index in [-0.39, 0.29) is 0 Å². The highest BCUT2D eigenvalue weighted by molar-refractivity contribution is 7.15. The van der Waals surface area contributed by atoms with Gasteiger partial charge in [-0.1, -0.05) is 6.07 Å². The van der Waals surface area contributed by atoms with Crippen LogP contribution < -0.4 is 5.32 Å². The summed E-state index contributed by atoms with van der Waals surface area (Å²) in [6.45, 7) is 3.24. The van der Waals surface area contributed by atoms with E-state index < -0.39 is 0 Å². The van der Waals surface area contributed by atoms with Crippen LogP contribution in [0.5, 0.6) is 0 Å². The lowest BCUT2D eigenvalue weighted by Gasteiger charge is -2.02. The van der Waals surface area contributed by atoms with Crippen molar-refractivity contribution in [2.75, 3.05) is 11.9 Å². The summed E-state index contributed by atoms with van der Waals surface area (Å²) >= 11 is 1.87. The van der Waals surface area contributed by atoms with Crippen molar-refractivity contribution in [2.45, 2.75) is 13.3 Å². The van der Waals surface area contributed by atoms with Crippen molar-refractivity contribution in [3.05, 3.63) is 40.8 Å². The van der Waals surface area contributed by atoms with Crippen molar-refractivity contribution in [3.8, 4) is 10.4 Å². The molecule has 2 aromatic rings. The Hall–Kier alpha value is -1.28. The van der Waals surface area contributed by atoms with E-state index in [0.717, 1.165) is 13.0 Å². The van der Waals surface area contributed by atoms with Crippen molar-refractivity contribution in [2.24, 2.45) is 0 Å². The molecule has 0 saturated carbocycles. The average molecular weight is 215 g/mol. The molecule has 0 aliphatic carbocycles. The Kier molecular flexibility index (Phi) is 2.03. The molecule has 1 aliphatic rings. The van der Waals surface area contributed by atoms with Gasteiger partial charge in [0.2, 0.25) is 0 Å². The minimum atomic E-state index is 1.09. The van der Waals surface area contributed by atoms with Gasteiger partial charge >= 0.3 is 0 Å². The Morgan fingerprint density at radius 3 is 2.93 bits per heavy atom. The second-order valence-corrected chi connectivity index (χ2v) is 5.25. The zero-order chi connectivity index (χ0) is 10.3. The topological polar surface area (TPSA) is 12.0 Å². The molecule has 3 rings (SSSR count). The van der Waals surface area contributed by atoms with Crippen LogP contribution in [-0.2, 0) is 6.42 Å². The van der Waals surface area contributed by atoms with E-state index in [2.05, 4.69) is 42.6 Å². The van der Waals surface area contributed by atoms with E-state index in [1.165, 1.54) is 26.6 Å². The molecule has 1 nitrogen and oxygen atoms in total. The van der Waals surface area contributed by atoms with Crippen LogP contribution in [0.3, 0.4) is 0 Å². The number of anilines is 1. The van der Waals surface area contributed by atoms with Gasteiger partial charge in [-0.05, 0) is 48.7 Å². The number of nitrogens with one attached hydrogen (secondary N) is 1. The van der Waals surface area contributed by atoms with Crippen LogP contribution in [0.25, 0.3) is 10.4 Å². The van der Waals surface area contributed by atoms with E-state index >= 15 is 0 Å². The van der Waals surface area contributed by atoms with Crippen molar-refractivity contribution < 1.29 is 0 Å². The number of fused-ring (bicyclic) bond motifs is 1. The Labute approximate surface area is 93.8 Å².